The van der Waals surface area contributed by atoms with Crippen LogP contribution in [0.2, 0.25) is 18.6 Å². The molecule has 2 bridgehead atoms. The fourth-order valence-electron chi connectivity index (χ4n) is 6.36. The van der Waals surface area contributed by atoms with Crippen LogP contribution in [0, 0.1) is 29.1 Å². The molecule has 1 aliphatic heterocycles. The van der Waals surface area contributed by atoms with Crippen LogP contribution in [0.5, 0.6) is 0 Å². The van der Waals surface area contributed by atoms with E-state index in [0.29, 0.717) is 0 Å². The predicted octanol–water partition coefficient (Wildman–Crippen LogP) is 4.51. The van der Waals surface area contributed by atoms with E-state index in [4.69, 9.17) is 5.26 Å². The Morgan fingerprint density at radius 3 is 2.33 bits per heavy atom. The average molecular weight is 489 g/mol. The second kappa shape index (κ2) is 7.21. The van der Waals surface area contributed by atoms with Crippen LogP contribution in [0.15, 0.2) is 60.7 Å². The lowest BCUT2D eigenvalue weighted by molar-refractivity contribution is -0.137. The van der Waals surface area contributed by atoms with Crippen molar-refractivity contribution in [3.8, 4) is 6.07 Å². The molecular weight excluding hydrogens is 465 g/mol. The minimum atomic E-state index is -4.74. The highest BCUT2D eigenvalue weighted by Gasteiger charge is 2.65. The van der Waals surface area contributed by atoms with E-state index in [-0.39, 0.29) is 35.5 Å². The first-order valence-electron chi connectivity index (χ1n) is 10.8. The van der Waals surface area contributed by atoms with E-state index >= 15 is 0 Å². The molecule has 3 aliphatic rings. The summed E-state index contributed by atoms with van der Waals surface area (Å²) in [7, 11) is -5.87. The molecule has 5 rings (SSSR count). The normalized spacial score (nSPS) is 29.8. The van der Waals surface area contributed by atoms with Crippen LogP contribution < -0.4 is 9.49 Å². The zero-order chi connectivity index (χ0) is 23.8. The number of allylic oxidation sites excluding steroid dienone is 2. The lowest BCUT2D eigenvalue weighted by atomic mass is 9.93. The minimum Gasteiger partial charge on any atom is -0.270 e. The first-order valence-corrected chi connectivity index (χ1v) is 15.4. The van der Waals surface area contributed by atoms with Gasteiger partial charge < -0.3 is 0 Å². The SMILES string of the molecule is C[Si](C)(c1ccccc1)C1[C@H]2C=C[C@@H]1[C@@H]1[C@H]2CN(c2ccc(C#N)c(C(F)(F)F)c2)S1(=O)=O. The van der Waals surface area contributed by atoms with Crippen molar-refractivity contribution in [3.05, 3.63) is 71.8 Å². The molecule has 0 amide bonds. The van der Waals surface area contributed by atoms with E-state index in [1.165, 1.54) is 11.3 Å². The monoisotopic (exact) mass is 488 g/mol. The topological polar surface area (TPSA) is 61.2 Å². The van der Waals surface area contributed by atoms with Crippen LogP contribution in [0.3, 0.4) is 0 Å². The molecule has 1 saturated carbocycles. The molecule has 0 spiro atoms. The van der Waals surface area contributed by atoms with Crippen molar-refractivity contribution < 1.29 is 21.6 Å². The number of hydrogen-bond acceptors (Lipinski definition) is 3. The Morgan fingerprint density at radius 1 is 1.06 bits per heavy atom. The van der Waals surface area contributed by atoms with Gasteiger partial charge in [-0.3, -0.25) is 4.31 Å². The van der Waals surface area contributed by atoms with Crippen LogP contribution in [0.4, 0.5) is 18.9 Å². The van der Waals surface area contributed by atoms with Crippen molar-refractivity contribution in [2.75, 3.05) is 10.8 Å². The number of alkyl halides is 3. The highest BCUT2D eigenvalue weighted by Crippen LogP contribution is 2.61. The van der Waals surface area contributed by atoms with Gasteiger partial charge in [-0.2, -0.15) is 18.4 Å². The van der Waals surface area contributed by atoms with Gasteiger partial charge in [0.2, 0.25) is 10.0 Å². The fraction of sp³-hybridized carbons (Fsp3) is 0.375. The summed E-state index contributed by atoms with van der Waals surface area (Å²) >= 11 is 0. The van der Waals surface area contributed by atoms with Gasteiger partial charge in [-0.05, 0) is 35.6 Å². The third-order valence-electron chi connectivity index (χ3n) is 7.78. The molecule has 0 aromatic heterocycles. The van der Waals surface area contributed by atoms with E-state index in [0.717, 1.165) is 16.4 Å². The summed E-state index contributed by atoms with van der Waals surface area (Å²) in [5, 5.41) is 9.72. The molecule has 33 heavy (non-hydrogen) atoms. The van der Waals surface area contributed by atoms with Gasteiger partial charge in [0.05, 0.1) is 36.2 Å². The zero-order valence-electron chi connectivity index (χ0n) is 18.1. The third-order valence-corrected chi connectivity index (χ3v) is 14.4. The maximum atomic E-state index is 13.7. The number of nitriles is 1. The van der Waals surface area contributed by atoms with E-state index in [1.54, 1.807) is 6.07 Å². The van der Waals surface area contributed by atoms with Crippen LogP contribution >= 0.6 is 0 Å². The van der Waals surface area contributed by atoms with Gasteiger partial charge in [-0.1, -0.05) is 60.8 Å². The number of sulfonamides is 1. The maximum Gasteiger partial charge on any atom is 0.417 e. The molecular formula is C24H23F3N2O2SSi. The largest absolute Gasteiger partial charge is 0.417 e. The number of hydrogen-bond donors (Lipinski definition) is 0. The van der Waals surface area contributed by atoms with Gasteiger partial charge in [0.1, 0.15) is 0 Å². The molecule has 1 heterocycles. The van der Waals surface area contributed by atoms with E-state index in [1.807, 2.05) is 24.3 Å². The molecule has 1 saturated heterocycles. The highest BCUT2D eigenvalue weighted by molar-refractivity contribution is 7.93. The van der Waals surface area contributed by atoms with Gasteiger partial charge in [-0.25, -0.2) is 8.42 Å². The number of benzene rings is 2. The molecule has 0 N–H and O–H groups in total. The zero-order valence-corrected chi connectivity index (χ0v) is 19.9. The third kappa shape index (κ3) is 3.18. The molecule has 4 nitrogen and oxygen atoms in total. The summed E-state index contributed by atoms with van der Waals surface area (Å²) < 4.78 is 68.9. The van der Waals surface area contributed by atoms with Crippen molar-refractivity contribution in [1.29, 1.82) is 5.26 Å². The summed E-state index contributed by atoms with van der Waals surface area (Å²) in [6, 6.07) is 14.9. The van der Waals surface area contributed by atoms with Crippen LogP contribution in [0.1, 0.15) is 11.1 Å². The summed E-state index contributed by atoms with van der Waals surface area (Å²) in [5.74, 6) is -0.213. The summed E-state index contributed by atoms with van der Waals surface area (Å²) in [6.45, 7) is 4.72. The quantitative estimate of drug-likeness (QED) is 0.472. The second-order valence-corrected chi connectivity index (χ2v) is 16.4. The summed E-state index contributed by atoms with van der Waals surface area (Å²) in [4.78, 5) is 0. The van der Waals surface area contributed by atoms with Crippen LogP contribution in [-0.4, -0.2) is 28.3 Å². The molecule has 0 radical (unpaired) electrons. The molecule has 1 unspecified atom stereocenters. The van der Waals surface area contributed by atoms with Crippen molar-refractivity contribution in [3.63, 3.8) is 0 Å². The Morgan fingerprint density at radius 2 is 1.73 bits per heavy atom. The molecule has 2 aromatic carbocycles. The minimum absolute atomic E-state index is 0.0220. The lowest BCUT2D eigenvalue weighted by Gasteiger charge is -2.35. The molecule has 2 fully saturated rings. The smallest absolute Gasteiger partial charge is 0.270 e. The van der Waals surface area contributed by atoms with Gasteiger partial charge in [0.25, 0.3) is 0 Å². The Balaban J connectivity index is 1.51. The van der Waals surface area contributed by atoms with E-state index < -0.39 is 40.7 Å². The van der Waals surface area contributed by atoms with Gasteiger partial charge >= 0.3 is 6.18 Å². The molecule has 9 heteroatoms. The second-order valence-electron chi connectivity index (χ2n) is 9.70. The molecule has 5 atom stereocenters. The number of fused-ring (bicyclic) bond motifs is 5. The maximum absolute atomic E-state index is 13.7. The van der Waals surface area contributed by atoms with E-state index in [9.17, 15) is 21.6 Å². The van der Waals surface area contributed by atoms with Gasteiger partial charge in [-0.15, -0.1) is 0 Å². The number of nitrogens with zero attached hydrogens (tertiary/aromatic N) is 2. The lowest BCUT2D eigenvalue weighted by Crippen LogP contribution is -2.49. The molecule has 2 aromatic rings. The van der Waals surface area contributed by atoms with E-state index in [2.05, 4.69) is 31.3 Å². The fourth-order valence-corrected chi connectivity index (χ4v) is 13.0. The Kier molecular flexibility index (Phi) is 4.86. The van der Waals surface area contributed by atoms with Crippen molar-refractivity contribution in [2.45, 2.75) is 30.1 Å². The van der Waals surface area contributed by atoms with Crippen molar-refractivity contribution in [1.82, 2.24) is 0 Å². The summed E-state index contributed by atoms with van der Waals surface area (Å²) in [6.07, 6.45) is -0.584. The summed E-state index contributed by atoms with van der Waals surface area (Å²) in [5.41, 5.74) is -1.41. The van der Waals surface area contributed by atoms with Crippen molar-refractivity contribution >= 4 is 29.0 Å². The number of halogens is 3. The number of anilines is 1. The number of rotatable bonds is 3. The molecule has 172 valence electrons. The van der Waals surface area contributed by atoms with Gasteiger partial charge in [0.15, 0.2) is 0 Å². The highest BCUT2D eigenvalue weighted by atomic mass is 32.2. The average Bonchev–Trinajstić information content (AvgIpc) is 3.42. The Labute approximate surface area is 192 Å². The Hall–Kier alpha value is -2.57. The van der Waals surface area contributed by atoms with Crippen LogP contribution in [0.25, 0.3) is 0 Å². The van der Waals surface area contributed by atoms with Crippen molar-refractivity contribution in [2.24, 2.45) is 17.8 Å². The standard InChI is InChI=1S/C24H23F3N2O2SSi/c1-33(2,17-6-4-3-5-7-17)23-18-10-11-19(23)22-20(18)14-29(32(22,30)31)16-9-8-15(13-28)21(12-16)24(25,26)27/h3-12,18-20,22-23H,14H2,1-2H3/t18-,19+,20-,22+,23?/m0/s1. The van der Waals surface area contributed by atoms with Crippen LogP contribution in [-0.2, 0) is 16.2 Å². The predicted molar refractivity (Wildman–Crippen MR) is 123 cm³/mol. The Bertz CT molecular complexity index is 1290. The van der Waals surface area contributed by atoms with Gasteiger partial charge in [0, 0.05) is 12.5 Å². The molecule has 2 aliphatic carbocycles. The first kappa shape index (κ1) is 22.2. The first-order chi connectivity index (χ1) is 15.5.